The summed E-state index contributed by atoms with van der Waals surface area (Å²) in [5.41, 5.74) is 0.672. The van der Waals surface area contributed by atoms with Gasteiger partial charge in [-0.25, -0.2) is 4.79 Å². The van der Waals surface area contributed by atoms with Crippen molar-refractivity contribution < 1.29 is 14.3 Å². The molecule has 2 N–H and O–H groups in total. The van der Waals surface area contributed by atoms with Crippen LogP contribution in [0.25, 0.3) is 0 Å². The quantitative estimate of drug-likeness (QED) is 0.870. The average Bonchev–Trinajstić information content (AvgIpc) is 2.91. The van der Waals surface area contributed by atoms with E-state index in [1.807, 2.05) is 38.1 Å². The number of hydrogen-bond acceptors (Lipinski definition) is 3. The van der Waals surface area contributed by atoms with Crippen LogP contribution < -0.4 is 15.4 Å². The van der Waals surface area contributed by atoms with Crippen molar-refractivity contribution in [2.24, 2.45) is 0 Å². The molecule has 1 fully saturated rings. The van der Waals surface area contributed by atoms with Gasteiger partial charge in [0.05, 0.1) is 17.9 Å². The molecule has 20 heavy (non-hydrogen) atoms. The van der Waals surface area contributed by atoms with Crippen LogP contribution in [0.3, 0.4) is 0 Å². The summed E-state index contributed by atoms with van der Waals surface area (Å²) in [6.07, 6.45) is 2.28. The number of para-hydroxylation sites is 2. The Bertz CT molecular complexity index is 442. The molecule has 2 amide bonds. The van der Waals surface area contributed by atoms with Crippen LogP contribution in [0.4, 0.5) is 10.5 Å². The second kappa shape index (κ2) is 7.14. The van der Waals surface area contributed by atoms with Crippen LogP contribution >= 0.6 is 0 Å². The fourth-order valence-electron chi connectivity index (χ4n) is 2.10. The molecule has 1 aromatic rings. The van der Waals surface area contributed by atoms with Crippen LogP contribution in [-0.4, -0.2) is 31.4 Å². The standard InChI is InChI=1S/C15H22N2O3/c1-11(2)20-14-8-4-3-7-13(14)17-15(18)16-10-12-6-5-9-19-12/h3-4,7-8,11-12H,5-6,9-10H2,1-2H3,(H2,16,17,18). The molecule has 2 rings (SSSR count). The van der Waals surface area contributed by atoms with Gasteiger partial charge >= 0.3 is 6.03 Å². The van der Waals surface area contributed by atoms with Crippen molar-refractivity contribution >= 4 is 11.7 Å². The van der Waals surface area contributed by atoms with Gasteiger partial charge in [0.25, 0.3) is 0 Å². The Morgan fingerprint density at radius 3 is 2.95 bits per heavy atom. The summed E-state index contributed by atoms with van der Waals surface area (Å²) in [6, 6.07) is 7.18. The molecule has 5 heteroatoms. The minimum Gasteiger partial charge on any atom is -0.489 e. The lowest BCUT2D eigenvalue weighted by Crippen LogP contribution is -2.35. The van der Waals surface area contributed by atoms with Gasteiger partial charge < -0.3 is 20.1 Å². The molecule has 0 spiro atoms. The van der Waals surface area contributed by atoms with Crippen molar-refractivity contribution in [2.75, 3.05) is 18.5 Å². The van der Waals surface area contributed by atoms with Gasteiger partial charge in [-0.05, 0) is 38.8 Å². The number of nitrogens with one attached hydrogen (secondary N) is 2. The Balaban J connectivity index is 1.86. The second-order valence-electron chi connectivity index (χ2n) is 5.13. The van der Waals surface area contributed by atoms with Crippen LogP contribution in [0.1, 0.15) is 26.7 Å². The van der Waals surface area contributed by atoms with Gasteiger partial charge in [-0.1, -0.05) is 12.1 Å². The summed E-state index contributed by atoms with van der Waals surface area (Å²) in [7, 11) is 0. The number of carbonyl (C=O) groups excluding carboxylic acids is 1. The Labute approximate surface area is 119 Å². The van der Waals surface area contributed by atoms with E-state index in [0.717, 1.165) is 19.4 Å². The molecule has 0 aliphatic carbocycles. The van der Waals surface area contributed by atoms with Crippen LogP contribution in [0.5, 0.6) is 5.75 Å². The summed E-state index contributed by atoms with van der Waals surface area (Å²) >= 11 is 0. The van der Waals surface area contributed by atoms with Gasteiger partial charge in [-0.15, -0.1) is 0 Å². The molecule has 0 aromatic heterocycles. The number of anilines is 1. The number of amides is 2. The molecule has 110 valence electrons. The molecule has 0 saturated carbocycles. The molecule has 1 aliphatic heterocycles. The number of urea groups is 1. The molecule has 1 aliphatic rings. The van der Waals surface area contributed by atoms with Gasteiger partial charge in [0, 0.05) is 13.2 Å². The van der Waals surface area contributed by atoms with Crippen molar-refractivity contribution in [3.63, 3.8) is 0 Å². The van der Waals surface area contributed by atoms with Crippen molar-refractivity contribution in [2.45, 2.75) is 38.9 Å². The molecule has 0 bridgehead atoms. The number of rotatable bonds is 5. The van der Waals surface area contributed by atoms with E-state index >= 15 is 0 Å². The van der Waals surface area contributed by atoms with E-state index in [2.05, 4.69) is 10.6 Å². The van der Waals surface area contributed by atoms with Gasteiger partial charge in [0.15, 0.2) is 0 Å². The van der Waals surface area contributed by atoms with Gasteiger partial charge in [-0.2, -0.15) is 0 Å². The van der Waals surface area contributed by atoms with Gasteiger partial charge in [0.1, 0.15) is 5.75 Å². The minimum absolute atomic E-state index is 0.0629. The van der Waals surface area contributed by atoms with Crippen molar-refractivity contribution in [3.05, 3.63) is 24.3 Å². The predicted molar refractivity (Wildman–Crippen MR) is 78.2 cm³/mol. The lowest BCUT2D eigenvalue weighted by Gasteiger charge is -2.16. The molecule has 1 aromatic carbocycles. The summed E-state index contributed by atoms with van der Waals surface area (Å²) in [5.74, 6) is 0.676. The Morgan fingerprint density at radius 1 is 1.45 bits per heavy atom. The maximum atomic E-state index is 11.9. The van der Waals surface area contributed by atoms with E-state index in [1.54, 1.807) is 0 Å². The summed E-state index contributed by atoms with van der Waals surface area (Å²) in [5, 5.41) is 5.63. The lowest BCUT2D eigenvalue weighted by molar-refractivity contribution is 0.112. The number of hydrogen-bond donors (Lipinski definition) is 2. The monoisotopic (exact) mass is 278 g/mol. The fourth-order valence-corrected chi connectivity index (χ4v) is 2.10. The highest BCUT2D eigenvalue weighted by Gasteiger charge is 2.16. The van der Waals surface area contributed by atoms with Crippen LogP contribution in [0.15, 0.2) is 24.3 Å². The summed E-state index contributed by atoms with van der Waals surface area (Å²) in [6.45, 7) is 5.24. The van der Waals surface area contributed by atoms with Gasteiger partial charge in [0.2, 0.25) is 0 Å². The molecular formula is C15H22N2O3. The molecular weight excluding hydrogens is 256 g/mol. The largest absolute Gasteiger partial charge is 0.489 e. The lowest BCUT2D eigenvalue weighted by atomic mass is 10.2. The highest BCUT2D eigenvalue weighted by molar-refractivity contribution is 5.90. The first-order chi connectivity index (χ1) is 9.65. The van der Waals surface area contributed by atoms with E-state index in [4.69, 9.17) is 9.47 Å². The highest BCUT2D eigenvalue weighted by atomic mass is 16.5. The zero-order chi connectivity index (χ0) is 14.4. The van der Waals surface area contributed by atoms with E-state index in [1.165, 1.54) is 0 Å². The van der Waals surface area contributed by atoms with E-state index in [0.29, 0.717) is 18.0 Å². The van der Waals surface area contributed by atoms with E-state index in [-0.39, 0.29) is 18.2 Å². The van der Waals surface area contributed by atoms with Crippen LogP contribution in [-0.2, 0) is 4.74 Å². The predicted octanol–water partition coefficient (Wildman–Crippen LogP) is 2.77. The van der Waals surface area contributed by atoms with E-state index in [9.17, 15) is 4.79 Å². The molecule has 1 heterocycles. The Hall–Kier alpha value is -1.75. The summed E-state index contributed by atoms with van der Waals surface area (Å²) < 4.78 is 11.1. The van der Waals surface area contributed by atoms with Crippen molar-refractivity contribution in [1.82, 2.24) is 5.32 Å². The molecule has 0 radical (unpaired) electrons. The van der Waals surface area contributed by atoms with Crippen LogP contribution in [0, 0.1) is 0 Å². The number of benzene rings is 1. The van der Waals surface area contributed by atoms with Gasteiger partial charge in [-0.3, -0.25) is 0 Å². The SMILES string of the molecule is CC(C)Oc1ccccc1NC(=O)NCC1CCCO1. The van der Waals surface area contributed by atoms with E-state index < -0.39 is 0 Å². The Morgan fingerprint density at radius 2 is 2.25 bits per heavy atom. The van der Waals surface area contributed by atoms with Crippen molar-refractivity contribution in [1.29, 1.82) is 0 Å². The topological polar surface area (TPSA) is 59.6 Å². The van der Waals surface area contributed by atoms with Crippen molar-refractivity contribution in [3.8, 4) is 5.75 Å². The smallest absolute Gasteiger partial charge is 0.319 e. The average molecular weight is 278 g/mol. The maximum absolute atomic E-state index is 11.9. The molecule has 1 atom stereocenters. The Kier molecular flexibility index (Phi) is 5.24. The first kappa shape index (κ1) is 14.7. The third kappa shape index (κ3) is 4.42. The number of ether oxygens (including phenoxy) is 2. The fraction of sp³-hybridized carbons (Fsp3) is 0.533. The third-order valence-electron chi connectivity index (χ3n) is 3.01. The summed E-state index contributed by atoms with van der Waals surface area (Å²) in [4.78, 5) is 11.9. The maximum Gasteiger partial charge on any atom is 0.319 e. The first-order valence-corrected chi connectivity index (χ1v) is 7.07. The molecule has 1 unspecified atom stereocenters. The first-order valence-electron chi connectivity index (χ1n) is 7.07. The normalized spacial score (nSPS) is 18.1. The zero-order valence-corrected chi connectivity index (χ0v) is 12.0. The second-order valence-corrected chi connectivity index (χ2v) is 5.13. The molecule has 5 nitrogen and oxygen atoms in total. The minimum atomic E-state index is -0.236. The molecule has 1 saturated heterocycles. The highest BCUT2D eigenvalue weighted by Crippen LogP contribution is 2.24. The third-order valence-corrected chi connectivity index (χ3v) is 3.01. The van der Waals surface area contributed by atoms with Crippen LogP contribution in [0.2, 0.25) is 0 Å². The zero-order valence-electron chi connectivity index (χ0n) is 12.0. The number of carbonyl (C=O) groups is 1.